The number of carbonyl (C=O) groups excluding carboxylic acids is 3. The van der Waals surface area contributed by atoms with E-state index in [0.717, 1.165) is 10.3 Å². The van der Waals surface area contributed by atoms with Crippen molar-refractivity contribution >= 4 is 51.6 Å². The summed E-state index contributed by atoms with van der Waals surface area (Å²) in [6, 6.07) is 2.97. The summed E-state index contributed by atoms with van der Waals surface area (Å²) in [5.41, 5.74) is 0.705. The first-order valence-electron chi connectivity index (χ1n) is 6.69. The lowest BCUT2D eigenvalue weighted by Gasteiger charge is -2.21. The van der Waals surface area contributed by atoms with E-state index in [0.29, 0.717) is 16.3 Å². The first-order valence-corrected chi connectivity index (χ1v) is 7.89. The lowest BCUT2D eigenvalue weighted by Crippen LogP contribution is -2.52. The number of rotatable bonds is 3. The molecule has 0 saturated carbocycles. The smallest absolute Gasteiger partial charge is 0.249 e. The predicted octanol–water partition coefficient (Wildman–Crippen LogP) is 1.41. The Hall–Kier alpha value is -1.99. The molecule has 6 nitrogen and oxygen atoms in total. The number of hydrogen-bond donors (Lipinski definition) is 2. The predicted molar refractivity (Wildman–Crippen MR) is 82.6 cm³/mol. The summed E-state index contributed by atoms with van der Waals surface area (Å²) < 4.78 is 0.590. The number of pyridine rings is 1. The highest BCUT2D eigenvalue weighted by atomic mass is 35.5. The Balaban J connectivity index is 1.71. The van der Waals surface area contributed by atoms with E-state index in [1.807, 2.05) is 6.07 Å². The number of thiophene rings is 1. The summed E-state index contributed by atoms with van der Waals surface area (Å²) in [6.45, 7) is 0. The Morgan fingerprint density at radius 3 is 3.09 bits per heavy atom. The van der Waals surface area contributed by atoms with Gasteiger partial charge in [0.25, 0.3) is 0 Å². The highest BCUT2D eigenvalue weighted by Gasteiger charge is 2.28. The molecule has 1 aliphatic heterocycles. The van der Waals surface area contributed by atoms with Crippen LogP contribution in [-0.2, 0) is 20.8 Å². The molecule has 3 amide bonds. The van der Waals surface area contributed by atoms with Crippen molar-refractivity contribution in [2.45, 2.75) is 25.3 Å². The molecule has 114 valence electrons. The highest BCUT2D eigenvalue weighted by molar-refractivity contribution is 7.18. The van der Waals surface area contributed by atoms with Crippen molar-refractivity contribution < 1.29 is 14.4 Å². The lowest BCUT2D eigenvalue weighted by molar-refractivity contribution is -0.137. The van der Waals surface area contributed by atoms with Crippen LogP contribution in [-0.4, -0.2) is 28.7 Å². The van der Waals surface area contributed by atoms with Gasteiger partial charge in [0.1, 0.15) is 10.4 Å². The number of piperidine rings is 1. The molecule has 8 heteroatoms. The van der Waals surface area contributed by atoms with Crippen LogP contribution in [0.3, 0.4) is 0 Å². The zero-order valence-corrected chi connectivity index (χ0v) is 13.0. The fourth-order valence-electron chi connectivity index (χ4n) is 2.34. The van der Waals surface area contributed by atoms with Crippen LogP contribution < -0.4 is 10.6 Å². The molecule has 2 aromatic heterocycles. The minimum Gasteiger partial charge on any atom is -0.344 e. The van der Waals surface area contributed by atoms with Gasteiger partial charge in [-0.25, -0.2) is 0 Å². The Morgan fingerprint density at radius 1 is 1.50 bits per heavy atom. The molecule has 2 N–H and O–H groups in total. The molecular formula is C14H12ClN3O3S. The number of aromatic nitrogens is 1. The molecule has 0 radical (unpaired) electrons. The molecule has 2 aromatic rings. The fourth-order valence-corrected chi connectivity index (χ4v) is 3.73. The second-order valence-corrected chi connectivity index (χ2v) is 6.65. The van der Waals surface area contributed by atoms with Crippen molar-refractivity contribution in [1.29, 1.82) is 0 Å². The Labute approximate surface area is 134 Å². The van der Waals surface area contributed by atoms with Crippen LogP contribution in [0.2, 0.25) is 4.34 Å². The van der Waals surface area contributed by atoms with Gasteiger partial charge in [-0.2, -0.15) is 0 Å². The molecule has 0 spiro atoms. The van der Waals surface area contributed by atoms with Crippen molar-refractivity contribution in [3.8, 4) is 0 Å². The van der Waals surface area contributed by atoms with E-state index in [2.05, 4.69) is 15.6 Å². The quantitative estimate of drug-likeness (QED) is 0.829. The summed E-state index contributed by atoms with van der Waals surface area (Å²) in [5.74, 6) is -1.06. The molecule has 1 fully saturated rings. The van der Waals surface area contributed by atoms with Crippen molar-refractivity contribution in [3.63, 3.8) is 0 Å². The topological polar surface area (TPSA) is 88.2 Å². The van der Waals surface area contributed by atoms with Gasteiger partial charge in [0.15, 0.2) is 0 Å². The average Bonchev–Trinajstić information content (AvgIpc) is 2.79. The van der Waals surface area contributed by atoms with Gasteiger partial charge in [-0.3, -0.25) is 24.7 Å². The molecule has 1 atom stereocenters. The SMILES string of the molecule is O=C1CCC(NC(=O)Cc2sc(Cl)c3cccnc23)C(=O)N1. The summed E-state index contributed by atoms with van der Waals surface area (Å²) in [5, 5.41) is 5.67. The van der Waals surface area contributed by atoms with Crippen LogP contribution in [0.5, 0.6) is 0 Å². The Bertz CT molecular complexity index is 774. The van der Waals surface area contributed by atoms with Crippen LogP contribution >= 0.6 is 22.9 Å². The largest absolute Gasteiger partial charge is 0.344 e. The summed E-state index contributed by atoms with van der Waals surface area (Å²) in [7, 11) is 0. The number of nitrogens with one attached hydrogen (secondary N) is 2. The molecule has 3 rings (SSSR count). The van der Waals surface area contributed by atoms with Gasteiger partial charge in [-0.15, -0.1) is 11.3 Å². The van der Waals surface area contributed by atoms with E-state index in [9.17, 15) is 14.4 Å². The van der Waals surface area contributed by atoms with Crippen LogP contribution in [0, 0.1) is 0 Å². The maximum atomic E-state index is 12.1. The number of halogens is 1. The number of nitrogens with zero attached hydrogens (tertiary/aromatic N) is 1. The summed E-state index contributed by atoms with van der Waals surface area (Å²) in [4.78, 5) is 39.8. The Morgan fingerprint density at radius 2 is 2.32 bits per heavy atom. The normalized spacial score (nSPS) is 18.3. The number of hydrogen-bond acceptors (Lipinski definition) is 5. The van der Waals surface area contributed by atoms with Crippen molar-refractivity contribution in [2.24, 2.45) is 0 Å². The van der Waals surface area contributed by atoms with Gasteiger partial charge in [-0.05, 0) is 18.6 Å². The third-order valence-corrected chi connectivity index (χ3v) is 4.81. The molecule has 0 bridgehead atoms. The van der Waals surface area contributed by atoms with E-state index in [4.69, 9.17) is 11.6 Å². The van der Waals surface area contributed by atoms with E-state index in [1.165, 1.54) is 11.3 Å². The maximum Gasteiger partial charge on any atom is 0.249 e. The zero-order chi connectivity index (χ0) is 15.7. The zero-order valence-electron chi connectivity index (χ0n) is 11.4. The van der Waals surface area contributed by atoms with Crippen molar-refractivity contribution in [3.05, 3.63) is 27.5 Å². The molecule has 1 unspecified atom stereocenters. The maximum absolute atomic E-state index is 12.1. The average molecular weight is 338 g/mol. The van der Waals surface area contributed by atoms with Crippen LogP contribution in [0.25, 0.3) is 10.9 Å². The first-order chi connectivity index (χ1) is 10.5. The molecule has 0 aliphatic carbocycles. The number of fused-ring (bicyclic) bond motifs is 1. The number of imide groups is 1. The standard InChI is InChI=1S/C14H12ClN3O3S/c15-13-7-2-1-5-16-12(7)9(22-13)6-11(20)17-8-3-4-10(19)18-14(8)21/h1-2,5,8H,3-4,6H2,(H,17,20)(H,18,19,21). The lowest BCUT2D eigenvalue weighted by atomic mass is 10.1. The van der Waals surface area contributed by atoms with Crippen LogP contribution in [0.4, 0.5) is 0 Å². The summed E-state index contributed by atoms with van der Waals surface area (Å²) in [6.07, 6.45) is 2.29. The van der Waals surface area contributed by atoms with Gasteiger partial charge < -0.3 is 5.32 Å². The summed E-state index contributed by atoms with van der Waals surface area (Å²) >= 11 is 7.44. The molecule has 22 heavy (non-hydrogen) atoms. The van der Waals surface area contributed by atoms with Gasteiger partial charge in [0, 0.05) is 22.9 Å². The molecule has 1 saturated heterocycles. The molecule has 0 aromatic carbocycles. The van der Waals surface area contributed by atoms with E-state index >= 15 is 0 Å². The molecule has 3 heterocycles. The van der Waals surface area contributed by atoms with E-state index in [-0.39, 0.29) is 24.7 Å². The minimum absolute atomic E-state index is 0.0998. The molecular weight excluding hydrogens is 326 g/mol. The number of carbonyl (C=O) groups is 3. The Kier molecular flexibility index (Phi) is 4.08. The third kappa shape index (κ3) is 2.95. The first kappa shape index (κ1) is 14.9. The highest BCUT2D eigenvalue weighted by Crippen LogP contribution is 2.34. The van der Waals surface area contributed by atoms with E-state index in [1.54, 1.807) is 12.3 Å². The van der Waals surface area contributed by atoms with Crippen LogP contribution in [0.15, 0.2) is 18.3 Å². The monoisotopic (exact) mass is 337 g/mol. The number of amides is 3. The second kappa shape index (κ2) is 6.02. The third-order valence-electron chi connectivity index (χ3n) is 3.39. The van der Waals surface area contributed by atoms with Gasteiger partial charge in [0.05, 0.1) is 11.9 Å². The van der Waals surface area contributed by atoms with E-state index < -0.39 is 11.9 Å². The minimum atomic E-state index is -0.667. The van der Waals surface area contributed by atoms with Gasteiger partial charge in [-0.1, -0.05) is 11.6 Å². The second-order valence-electron chi connectivity index (χ2n) is 4.95. The van der Waals surface area contributed by atoms with Crippen molar-refractivity contribution in [2.75, 3.05) is 0 Å². The van der Waals surface area contributed by atoms with Crippen LogP contribution in [0.1, 0.15) is 17.7 Å². The van der Waals surface area contributed by atoms with Gasteiger partial charge in [0.2, 0.25) is 17.7 Å². The molecule has 1 aliphatic rings. The fraction of sp³-hybridized carbons (Fsp3) is 0.286. The van der Waals surface area contributed by atoms with Crippen molar-refractivity contribution in [1.82, 2.24) is 15.6 Å². The van der Waals surface area contributed by atoms with Gasteiger partial charge >= 0.3 is 0 Å².